The second-order valence-electron chi connectivity index (χ2n) is 9.49. The molecule has 4 rings (SSSR count). The number of Topliss-reactive ketones (excluding diaryl/α,β-unsaturated/α-hetero) is 1. The van der Waals surface area contributed by atoms with Gasteiger partial charge in [-0.05, 0) is 61.0 Å². The van der Waals surface area contributed by atoms with Crippen molar-refractivity contribution in [1.82, 2.24) is 5.32 Å². The summed E-state index contributed by atoms with van der Waals surface area (Å²) < 4.78 is 11.0. The van der Waals surface area contributed by atoms with Gasteiger partial charge in [0, 0.05) is 22.2 Å². The van der Waals surface area contributed by atoms with Gasteiger partial charge in [0.15, 0.2) is 17.3 Å². The predicted molar refractivity (Wildman–Crippen MR) is 149 cm³/mol. The van der Waals surface area contributed by atoms with Crippen LogP contribution in [0.2, 0.25) is 0 Å². The van der Waals surface area contributed by atoms with Gasteiger partial charge in [0.2, 0.25) is 11.8 Å². The molecule has 1 atom stereocenters. The fourth-order valence-corrected chi connectivity index (χ4v) is 5.62. The number of carbonyl (C=O) groups excluding carboxylic acids is 3. The van der Waals surface area contributed by atoms with Gasteiger partial charge in [-0.25, -0.2) is 0 Å². The summed E-state index contributed by atoms with van der Waals surface area (Å²) in [5.74, 6) is 0.358. The quantitative estimate of drug-likeness (QED) is 0.336. The van der Waals surface area contributed by atoms with E-state index in [4.69, 9.17) is 9.47 Å². The van der Waals surface area contributed by atoms with Gasteiger partial charge < -0.3 is 14.8 Å². The molecule has 0 aliphatic heterocycles. The Labute approximate surface area is 227 Å². The molecule has 1 heterocycles. The number of benzene rings is 2. The third-order valence-corrected chi connectivity index (χ3v) is 7.76. The molecule has 1 aliphatic rings. The van der Waals surface area contributed by atoms with Crippen molar-refractivity contribution in [2.45, 2.75) is 57.5 Å². The number of amides is 2. The average Bonchev–Trinajstić information content (AvgIpc) is 3.44. The van der Waals surface area contributed by atoms with Gasteiger partial charge in [0.25, 0.3) is 0 Å². The zero-order chi connectivity index (χ0) is 27.1. The van der Waals surface area contributed by atoms with E-state index in [1.807, 2.05) is 17.5 Å². The highest BCUT2D eigenvalue weighted by atomic mass is 32.1. The van der Waals surface area contributed by atoms with Crippen LogP contribution < -0.4 is 19.7 Å². The highest BCUT2D eigenvalue weighted by Crippen LogP contribution is 2.35. The standard InChI is InChI=1S/C30H34N2O5S/c1-20(33)21-9-7-12-24(17-21)32(28(34)19-25-13-8-16-38-25)29(30(35)31-23-10-5-4-6-11-23)22-14-15-26(36-2)27(18-22)37-3/h7-9,12-18,23,29H,4-6,10-11,19H2,1-3H3,(H,31,35). The summed E-state index contributed by atoms with van der Waals surface area (Å²) in [4.78, 5) is 42.7. The van der Waals surface area contributed by atoms with Gasteiger partial charge in [-0.1, -0.05) is 43.5 Å². The third-order valence-electron chi connectivity index (χ3n) is 6.89. The lowest BCUT2D eigenvalue weighted by atomic mass is 9.94. The monoisotopic (exact) mass is 534 g/mol. The largest absolute Gasteiger partial charge is 0.493 e. The molecular weight excluding hydrogens is 500 g/mol. The highest BCUT2D eigenvalue weighted by molar-refractivity contribution is 7.10. The molecular formula is C30H34N2O5S. The number of hydrogen-bond donors (Lipinski definition) is 1. The van der Waals surface area contributed by atoms with E-state index >= 15 is 0 Å². The molecule has 0 radical (unpaired) electrons. The van der Waals surface area contributed by atoms with Crippen molar-refractivity contribution in [3.63, 3.8) is 0 Å². The summed E-state index contributed by atoms with van der Waals surface area (Å²) in [5.41, 5.74) is 1.54. The van der Waals surface area contributed by atoms with Crippen molar-refractivity contribution >= 4 is 34.6 Å². The number of carbonyl (C=O) groups is 3. The van der Waals surface area contributed by atoms with E-state index < -0.39 is 6.04 Å². The van der Waals surface area contributed by atoms with Crippen molar-refractivity contribution in [3.05, 3.63) is 76.0 Å². The average molecular weight is 535 g/mol. The first-order valence-electron chi connectivity index (χ1n) is 12.9. The van der Waals surface area contributed by atoms with Gasteiger partial charge in [0.1, 0.15) is 6.04 Å². The molecule has 38 heavy (non-hydrogen) atoms. The highest BCUT2D eigenvalue weighted by Gasteiger charge is 2.35. The van der Waals surface area contributed by atoms with E-state index in [0.29, 0.717) is 28.3 Å². The third kappa shape index (κ3) is 6.42. The van der Waals surface area contributed by atoms with Crippen LogP contribution in [0.15, 0.2) is 60.0 Å². The molecule has 1 N–H and O–H groups in total. The summed E-state index contributed by atoms with van der Waals surface area (Å²) in [6.45, 7) is 1.48. The Bertz CT molecular complexity index is 1270. The van der Waals surface area contributed by atoms with Gasteiger partial charge in [-0.15, -0.1) is 11.3 Å². The first-order valence-corrected chi connectivity index (χ1v) is 13.8. The molecule has 1 unspecified atom stereocenters. The Morgan fingerprint density at radius 2 is 1.74 bits per heavy atom. The summed E-state index contributed by atoms with van der Waals surface area (Å²) in [5, 5.41) is 5.14. The Morgan fingerprint density at radius 1 is 0.974 bits per heavy atom. The maximum absolute atomic E-state index is 14.1. The van der Waals surface area contributed by atoms with Crippen molar-refractivity contribution in [3.8, 4) is 11.5 Å². The molecule has 1 aromatic heterocycles. The number of anilines is 1. The molecule has 1 saturated carbocycles. The molecule has 0 spiro atoms. The van der Waals surface area contributed by atoms with Crippen LogP contribution in [-0.4, -0.2) is 37.9 Å². The molecule has 0 bridgehead atoms. The topological polar surface area (TPSA) is 84.9 Å². The Kier molecular flexibility index (Phi) is 9.18. The smallest absolute Gasteiger partial charge is 0.248 e. The predicted octanol–water partition coefficient (Wildman–Crippen LogP) is 5.73. The fourth-order valence-electron chi connectivity index (χ4n) is 4.93. The number of nitrogens with one attached hydrogen (secondary N) is 1. The Hall–Kier alpha value is -3.65. The second-order valence-corrected chi connectivity index (χ2v) is 10.5. The molecule has 7 nitrogen and oxygen atoms in total. The van der Waals surface area contributed by atoms with Gasteiger partial charge >= 0.3 is 0 Å². The molecule has 8 heteroatoms. The van der Waals surface area contributed by atoms with E-state index in [1.165, 1.54) is 30.3 Å². The van der Waals surface area contributed by atoms with Crippen LogP contribution in [0.3, 0.4) is 0 Å². The number of thiophene rings is 1. The van der Waals surface area contributed by atoms with Crippen LogP contribution in [0.25, 0.3) is 0 Å². The number of hydrogen-bond acceptors (Lipinski definition) is 6. The Balaban J connectivity index is 1.83. The maximum atomic E-state index is 14.1. The minimum absolute atomic E-state index is 0.0525. The van der Waals surface area contributed by atoms with Crippen LogP contribution in [0.4, 0.5) is 5.69 Å². The van der Waals surface area contributed by atoms with E-state index in [2.05, 4.69) is 5.32 Å². The molecule has 2 aromatic carbocycles. The number of ketones is 1. The second kappa shape index (κ2) is 12.7. The molecule has 1 fully saturated rings. The van der Waals surface area contributed by atoms with Gasteiger partial charge in [0.05, 0.1) is 20.6 Å². The van der Waals surface area contributed by atoms with Gasteiger partial charge in [-0.3, -0.25) is 19.3 Å². The van der Waals surface area contributed by atoms with Crippen molar-refractivity contribution in [2.24, 2.45) is 0 Å². The molecule has 3 aromatic rings. The molecule has 2 amide bonds. The lowest BCUT2D eigenvalue weighted by Gasteiger charge is -2.34. The summed E-state index contributed by atoms with van der Waals surface area (Å²) in [6.07, 6.45) is 5.24. The Morgan fingerprint density at radius 3 is 2.39 bits per heavy atom. The van der Waals surface area contributed by atoms with Crippen LogP contribution in [-0.2, 0) is 16.0 Å². The van der Waals surface area contributed by atoms with Crippen LogP contribution >= 0.6 is 11.3 Å². The number of nitrogens with zero attached hydrogens (tertiary/aromatic N) is 1. The number of ether oxygens (including phenoxy) is 2. The lowest BCUT2D eigenvalue weighted by Crippen LogP contribution is -2.47. The van der Waals surface area contributed by atoms with E-state index in [0.717, 1.165) is 37.0 Å². The summed E-state index contributed by atoms with van der Waals surface area (Å²) >= 11 is 1.49. The molecule has 0 saturated heterocycles. The SMILES string of the molecule is COc1ccc(C(C(=O)NC2CCCCC2)N(C(=O)Cc2cccs2)c2cccc(C(C)=O)c2)cc1OC. The van der Waals surface area contributed by atoms with Crippen LogP contribution in [0.5, 0.6) is 11.5 Å². The summed E-state index contributed by atoms with van der Waals surface area (Å²) in [7, 11) is 3.09. The number of methoxy groups -OCH3 is 2. The zero-order valence-electron chi connectivity index (χ0n) is 22.1. The van der Waals surface area contributed by atoms with Crippen LogP contribution in [0.1, 0.15) is 65.9 Å². The lowest BCUT2D eigenvalue weighted by molar-refractivity contribution is -0.127. The van der Waals surface area contributed by atoms with Crippen LogP contribution in [0, 0.1) is 0 Å². The first kappa shape index (κ1) is 27.4. The minimum Gasteiger partial charge on any atom is -0.493 e. The van der Waals surface area contributed by atoms with E-state index in [-0.39, 0.29) is 30.1 Å². The summed E-state index contributed by atoms with van der Waals surface area (Å²) in [6, 6.07) is 15.0. The normalized spacial score (nSPS) is 14.4. The van der Waals surface area contributed by atoms with Crippen molar-refractivity contribution < 1.29 is 23.9 Å². The zero-order valence-corrected chi connectivity index (χ0v) is 22.9. The van der Waals surface area contributed by atoms with E-state index in [1.54, 1.807) is 49.6 Å². The fraction of sp³-hybridized carbons (Fsp3) is 0.367. The van der Waals surface area contributed by atoms with Gasteiger partial charge in [-0.2, -0.15) is 0 Å². The molecule has 1 aliphatic carbocycles. The first-order chi connectivity index (χ1) is 18.4. The minimum atomic E-state index is -0.980. The molecule has 200 valence electrons. The van der Waals surface area contributed by atoms with Crippen molar-refractivity contribution in [1.29, 1.82) is 0 Å². The maximum Gasteiger partial charge on any atom is 0.248 e. The van der Waals surface area contributed by atoms with E-state index in [9.17, 15) is 14.4 Å². The van der Waals surface area contributed by atoms with Crippen molar-refractivity contribution in [2.75, 3.05) is 19.1 Å². The number of rotatable bonds is 10.